The van der Waals surface area contributed by atoms with Gasteiger partial charge in [-0.3, -0.25) is 0 Å². The fourth-order valence-electron chi connectivity index (χ4n) is 1.96. The van der Waals surface area contributed by atoms with Crippen molar-refractivity contribution in [2.45, 2.75) is 24.1 Å². The molecule has 0 aliphatic heterocycles. The van der Waals surface area contributed by atoms with Gasteiger partial charge in [-0.25, -0.2) is 14.8 Å². The van der Waals surface area contributed by atoms with Crippen LogP contribution in [0.5, 0.6) is 0 Å². The Kier molecular flexibility index (Phi) is 3.39. The summed E-state index contributed by atoms with van der Waals surface area (Å²) < 4.78 is 5.51. The molecule has 0 saturated heterocycles. The first-order valence-corrected chi connectivity index (χ1v) is 7.11. The van der Waals surface area contributed by atoms with Gasteiger partial charge in [0.25, 0.3) is 5.22 Å². The molecule has 0 amide bonds. The van der Waals surface area contributed by atoms with E-state index in [1.54, 1.807) is 30.3 Å². The molecule has 0 atom stereocenters. The van der Waals surface area contributed by atoms with Crippen LogP contribution in [0.2, 0.25) is 0 Å². The second-order valence-corrected chi connectivity index (χ2v) is 5.52. The van der Waals surface area contributed by atoms with Gasteiger partial charge in [-0.1, -0.05) is 6.07 Å². The lowest BCUT2D eigenvalue weighted by Crippen LogP contribution is -1.97. The summed E-state index contributed by atoms with van der Waals surface area (Å²) in [7, 11) is 0. The number of aromatic carboxylic acids is 1. The number of hydrogen-bond acceptors (Lipinski definition) is 5. The van der Waals surface area contributed by atoms with Crippen molar-refractivity contribution in [1.82, 2.24) is 9.97 Å². The van der Waals surface area contributed by atoms with Crippen LogP contribution in [0.4, 0.5) is 0 Å². The first kappa shape index (κ1) is 13.6. The molecule has 5 nitrogen and oxygen atoms in total. The van der Waals surface area contributed by atoms with Crippen LogP contribution in [0.15, 0.2) is 45.0 Å². The molecule has 0 aliphatic carbocycles. The van der Waals surface area contributed by atoms with Crippen molar-refractivity contribution in [1.29, 1.82) is 0 Å². The van der Waals surface area contributed by atoms with Gasteiger partial charge in [-0.05, 0) is 49.9 Å². The van der Waals surface area contributed by atoms with E-state index in [2.05, 4.69) is 9.97 Å². The molecule has 0 saturated carbocycles. The molecule has 0 spiro atoms. The van der Waals surface area contributed by atoms with Gasteiger partial charge >= 0.3 is 5.97 Å². The summed E-state index contributed by atoms with van der Waals surface area (Å²) >= 11 is 1.32. The average Bonchev–Trinajstić information content (AvgIpc) is 2.76. The summed E-state index contributed by atoms with van der Waals surface area (Å²) in [6, 6.07) is 8.58. The van der Waals surface area contributed by atoms with E-state index in [-0.39, 0.29) is 5.56 Å². The predicted octanol–water partition coefficient (Wildman–Crippen LogP) is 3.69. The smallest absolute Gasteiger partial charge is 0.336 e. The van der Waals surface area contributed by atoms with Gasteiger partial charge in [0.1, 0.15) is 10.8 Å². The number of oxazole rings is 1. The quantitative estimate of drug-likeness (QED) is 0.795. The lowest BCUT2D eigenvalue weighted by molar-refractivity contribution is 0.0699. The Morgan fingerprint density at radius 2 is 2.00 bits per heavy atom. The summed E-state index contributed by atoms with van der Waals surface area (Å²) in [4.78, 5) is 19.9. The number of fused-ring (bicyclic) bond motifs is 1. The van der Waals surface area contributed by atoms with Crippen molar-refractivity contribution in [3.05, 3.63) is 47.3 Å². The number of carbonyl (C=O) groups is 1. The van der Waals surface area contributed by atoms with Gasteiger partial charge in [-0.2, -0.15) is 0 Å². The highest BCUT2D eigenvalue weighted by Crippen LogP contribution is 2.29. The van der Waals surface area contributed by atoms with Gasteiger partial charge in [0.2, 0.25) is 0 Å². The molecule has 0 unspecified atom stereocenters. The highest BCUT2D eigenvalue weighted by atomic mass is 32.2. The number of carboxylic acids is 1. The molecule has 21 heavy (non-hydrogen) atoms. The van der Waals surface area contributed by atoms with Crippen LogP contribution in [-0.4, -0.2) is 21.0 Å². The van der Waals surface area contributed by atoms with Gasteiger partial charge in [0.15, 0.2) is 0 Å². The molecule has 3 rings (SSSR count). The second kappa shape index (κ2) is 5.21. The van der Waals surface area contributed by atoms with E-state index >= 15 is 0 Å². The number of rotatable bonds is 3. The van der Waals surface area contributed by atoms with Crippen LogP contribution >= 0.6 is 11.8 Å². The molecule has 0 radical (unpaired) electrons. The minimum atomic E-state index is -0.957. The van der Waals surface area contributed by atoms with E-state index in [9.17, 15) is 4.79 Å². The molecule has 3 aromatic rings. The van der Waals surface area contributed by atoms with Crippen molar-refractivity contribution in [3.8, 4) is 0 Å². The van der Waals surface area contributed by atoms with Crippen LogP contribution in [0.3, 0.4) is 0 Å². The zero-order valence-electron chi connectivity index (χ0n) is 11.5. The summed E-state index contributed by atoms with van der Waals surface area (Å²) in [5.41, 5.74) is 1.74. The number of hydrogen-bond donors (Lipinski definition) is 1. The fraction of sp³-hybridized carbons (Fsp3) is 0.133. The molecule has 0 bridgehead atoms. The maximum atomic E-state index is 11.2. The fourth-order valence-corrected chi connectivity index (χ4v) is 2.76. The van der Waals surface area contributed by atoms with E-state index in [1.165, 1.54) is 11.8 Å². The lowest BCUT2D eigenvalue weighted by atomic mass is 10.1. The van der Waals surface area contributed by atoms with Crippen molar-refractivity contribution >= 4 is 28.6 Å². The third-order valence-corrected chi connectivity index (χ3v) is 3.92. The molecule has 2 aromatic heterocycles. The summed E-state index contributed by atoms with van der Waals surface area (Å²) in [6.07, 6.45) is 0. The van der Waals surface area contributed by atoms with Crippen LogP contribution in [0.25, 0.3) is 10.9 Å². The first-order chi connectivity index (χ1) is 10.0. The number of nitrogens with zero attached hydrogens (tertiary/aromatic N) is 2. The standard InChI is InChI=1S/C15H12N2O3S/c1-8-9(2)20-15(16-8)21-13-7-6-10-11(14(18)19)4-3-5-12(10)17-13/h3-7H,1-2H3,(H,18,19). The predicted molar refractivity (Wildman–Crippen MR) is 78.8 cm³/mol. The minimum absolute atomic E-state index is 0.249. The molecular formula is C15H12N2O3S. The number of carboxylic acid groups (broad SMARTS) is 1. The monoisotopic (exact) mass is 300 g/mol. The molecule has 6 heteroatoms. The Balaban J connectivity index is 2.00. The Morgan fingerprint density at radius 3 is 2.67 bits per heavy atom. The topological polar surface area (TPSA) is 76.2 Å². The summed E-state index contributed by atoms with van der Waals surface area (Å²) in [6.45, 7) is 3.75. The largest absolute Gasteiger partial charge is 0.478 e. The molecule has 0 aliphatic rings. The van der Waals surface area contributed by atoms with Gasteiger partial charge in [0, 0.05) is 5.39 Å². The van der Waals surface area contributed by atoms with Crippen molar-refractivity contribution in [2.24, 2.45) is 0 Å². The molecule has 1 aromatic carbocycles. The molecule has 106 valence electrons. The molecule has 0 fully saturated rings. The maximum Gasteiger partial charge on any atom is 0.336 e. The average molecular weight is 300 g/mol. The molecule has 2 heterocycles. The highest BCUT2D eigenvalue weighted by molar-refractivity contribution is 7.99. The van der Waals surface area contributed by atoms with Crippen molar-refractivity contribution in [2.75, 3.05) is 0 Å². The Hall–Kier alpha value is -2.34. The zero-order valence-corrected chi connectivity index (χ0v) is 12.3. The minimum Gasteiger partial charge on any atom is -0.478 e. The lowest BCUT2D eigenvalue weighted by Gasteiger charge is -2.03. The third kappa shape index (κ3) is 2.62. The third-order valence-electron chi connectivity index (χ3n) is 3.14. The van der Waals surface area contributed by atoms with E-state index in [0.717, 1.165) is 11.5 Å². The van der Waals surface area contributed by atoms with Gasteiger partial charge in [0.05, 0.1) is 16.8 Å². The van der Waals surface area contributed by atoms with E-state index in [4.69, 9.17) is 9.52 Å². The SMILES string of the molecule is Cc1nc(Sc2ccc3c(C(=O)O)cccc3n2)oc1C. The number of pyridine rings is 1. The van der Waals surface area contributed by atoms with Crippen LogP contribution in [-0.2, 0) is 0 Å². The van der Waals surface area contributed by atoms with Gasteiger partial charge < -0.3 is 9.52 Å². The van der Waals surface area contributed by atoms with Crippen LogP contribution < -0.4 is 0 Å². The normalized spacial score (nSPS) is 11.0. The van der Waals surface area contributed by atoms with Crippen LogP contribution in [0, 0.1) is 13.8 Å². The Bertz CT molecular complexity index is 823. The highest BCUT2D eigenvalue weighted by Gasteiger charge is 2.12. The van der Waals surface area contributed by atoms with Crippen molar-refractivity contribution in [3.63, 3.8) is 0 Å². The second-order valence-electron chi connectivity index (χ2n) is 4.55. The Labute approximate surface area is 125 Å². The van der Waals surface area contributed by atoms with E-state index in [1.807, 2.05) is 13.8 Å². The molecular weight excluding hydrogens is 288 g/mol. The van der Waals surface area contributed by atoms with E-state index < -0.39 is 5.97 Å². The number of benzene rings is 1. The molecule has 1 N–H and O–H groups in total. The first-order valence-electron chi connectivity index (χ1n) is 6.29. The summed E-state index contributed by atoms with van der Waals surface area (Å²) in [5, 5.41) is 11.0. The Morgan fingerprint density at radius 1 is 1.19 bits per heavy atom. The zero-order chi connectivity index (χ0) is 15.0. The number of aromatic nitrogens is 2. The summed E-state index contributed by atoms with van der Waals surface area (Å²) in [5.74, 6) is -0.173. The van der Waals surface area contributed by atoms with Crippen LogP contribution in [0.1, 0.15) is 21.8 Å². The van der Waals surface area contributed by atoms with Gasteiger partial charge in [-0.15, -0.1) is 0 Å². The number of aryl methyl sites for hydroxylation is 2. The maximum absolute atomic E-state index is 11.2. The van der Waals surface area contributed by atoms with Crippen molar-refractivity contribution < 1.29 is 14.3 Å². The van der Waals surface area contributed by atoms with E-state index in [0.29, 0.717) is 21.2 Å².